The molecule has 8 nitrogen and oxygen atoms in total. The van der Waals surface area contributed by atoms with Gasteiger partial charge < -0.3 is 10.1 Å². The summed E-state index contributed by atoms with van der Waals surface area (Å²) >= 11 is 0.993. The number of nitrogens with one attached hydrogen (secondary N) is 1. The number of carbonyl (C=O) groups excluding carboxylic acids is 2. The van der Waals surface area contributed by atoms with E-state index in [1.54, 1.807) is 12.1 Å². The molecule has 1 amide bonds. The first-order chi connectivity index (χ1) is 12.0. The molecule has 0 saturated carbocycles. The lowest BCUT2D eigenvalue weighted by Gasteiger charge is -2.07. The van der Waals surface area contributed by atoms with Crippen LogP contribution in [-0.2, 0) is 16.1 Å². The zero-order valence-corrected chi connectivity index (χ0v) is 14.3. The van der Waals surface area contributed by atoms with E-state index in [-0.39, 0.29) is 22.1 Å². The summed E-state index contributed by atoms with van der Waals surface area (Å²) in [6.45, 7) is 1.66. The van der Waals surface area contributed by atoms with Crippen LogP contribution in [0.3, 0.4) is 0 Å². The van der Waals surface area contributed by atoms with Crippen LogP contribution < -0.4 is 10.9 Å². The van der Waals surface area contributed by atoms with Gasteiger partial charge in [0, 0.05) is 0 Å². The number of esters is 1. The van der Waals surface area contributed by atoms with E-state index in [1.165, 1.54) is 24.2 Å². The first kappa shape index (κ1) is 16.8. The van der Waals surface area contributed by atoms with Gasteiger partial charge in [0.05, 0.1) is 30.5 Å². The molecule has 2 heterocycles. The number of benzene rings is 1. The maximum absolute atomic E-state index is 12.5. The largest absolute Gasteiger partial charge is 0.465 e. The Morgan fingerprint density at radius 2 is 2.12 bits per heavy atom. The molecular formula is C16H14N4O4S. The molecule has 0 aliphatic heterocycles. The minimum atomic E-state index is -0.525. The lowest BCUT2D eigenvalue weighted by molar-refractivity contribution is -0.116. The summed E-state index contributed by atoms with van der Waals surface area (Å²) in [4.78, 5) is 44.4. The number of carbonyl (C=O) groups is 2. The molecule has 0 saturated heterocycles. The normalized spacial score (nSPS) is 10.6. The van der Waals surface area contributed by atoms with E-state index in [2.05, 4.69) is 20.0 Å². The number of anilines is 1. The summed E-state index contributed by atoms with van der Waals surface area (Å²) < 4.78 is 5.81. The predicted octanol–water partition coefficient (Wildman–Crippen LogP) is 1.59. The average molecular weight is 358 g/mol. The molecular weight excluding hydrogens is 344 g/mol. The standard InChI is InChI=1S/C16H14N4O4S/c1-9-4-3-5-10-13(9)18-8-20(14(10)22)7-12(21)19-16-17-6-11(25-16)15(23)24-2/h3-6,8H,7H2,1-2H3,(H,17,19,21). The highest BCUT2D eigenvalue weighted by molar-refractivity contribution is 7.17. The van der Waals surface area contributed by atoms with Crippen LogP contribution in [-0.4, -0.2) is 33.5 Å². The van der Waals surface area contributed by atoms with Gasteiger partial charge in [0.2, 0.25) is 5.91 Å². The van der Waals surface area contributed by atoms with Gasteiger partial charge in [-0.15, -0.1) is 0 Å². The molecule has 0 atom stereocenters. The SMILES string of the molecule is COC(=O)c1cnc(NC(=O)Cn2cnc3c(C)cccc3c2=O)s1. The highest BCUT2D eigenvalue weighted by Gasteiger charge is 2.14. The summed E-state index contributed by atoms with van der Waals surface area (Å²) in [7, 11) is 1.27. The Bertz CT molecular complexity index is 1020. The summed E-state index contributed by atoms with van der Waals surface area (Å²) in [5, 5.41) is 3.26. The number of thiazole rings is 1. The van der Waals surface area contributed by atoms with Gasteiger partial charge in [0.25, 0.3) is 5.56 Å². The fourth-order valence-corrected chi connectivity index (χ4v) is 3.04. The number of ether oxygens (including phenoxy) is 1. The second kappa shape index (κ2) is 6.81. The smallest absolute Gasteiger partial charge is 0.349 e. The van der Waals surface area contributed by atoms with Crippen LogP contribution in [0.15, 0.2) is 35.5 Å². The Kier molecular flexibility index (Phi) is 4.57. The van der Waals surface area contributed by atoms with Crippen LogP contribution in [0.2, 0.25) is 0 Å². The number of para-hydroxylation sites is 1. The number of nitrogens with zero attached hydrogens (tertiary/aromatic N) is 3. The Morgan fingerprint density at radius 1 is 1.32 bits per heavy atom. The fraction of sp³-hybridized carbons (Fsp3) is 0.188. The van der Waals surface area contributed by atoms with Gasteiger partial charge in [0.15, 0.2) is 5.13 Å². The van der Waals surface area contributed by atoms with Crippen LogP contribution >= 0.6 is 11.3 Å². The van der Waals surface area contributed by atoms with Crippen LogP contribution in [0, 0.1) is 6.92 Å². The summed E-state index contributed by atoms with van der Waals surface area (Å²) in [5.74, 6) is -0.968. The molecule has 128 valence electrons. The minimum Gasteiger partial charge on any atom is -0.465 e. The van der Waals surface area contributed by atoms with Gasteiger partial charge in [0.1, 0.15) is 11.4 Å². The first-order valence-corrected chi connectivity index (χ1v) is 8.10. The zero-order valence-electron chi connectivity index (χ0n) is 13.5. The highest BCUT2D eigenvalue weighted by Crippen LogP contribution is 2.18. The third-order valence-corrected chi connectivity index (χ3v) is 4.40. The van der Waals surface area contributed by atoms with Gasteiger partial charge in [-0.3, -0.25) is 14.2 Å². The highest BCUT2D eigenvalue weighted by atomic mass is 32.1. The van der Waals surface area contributed by atoms with E-state index in [0.29, 0.717) is 10.9 Å². The number of rotatable bonds is 4. The first-order valence-electron chi connectivity index (χ1n) is 7.28. The zero-order chi connectivity index (χ0) is 18.0. The molecule has 0 spiro atoms. The van der Waals surface area contributed by atoms with Crippen molar-refractivity contribution < 1.29 is 14.3 Å². The number of aryl methyl sites for hydroxylation is 1. The molecule has 3 aromatic rings. The maximum atomic E-state index is 12.5. The number of aromatic nitrogens is 3. The fourth-order valence-electron chi connectivity index (χ4n) is 2.29. The molecule has 0 fully saturated rings. The van der Waals surface area contributed by atoms with E-state index in [0.717, 1.165) is 16.9 Å². The van der Waals surface area contributed by atoms with Crippen molar-refractivity contribution in [2.75, 3.05) is 12.4 Å². The number of methoxy groups -OCH3 is 1. The molecule has 2 aromatic heterocycles. The van der Waals surface area contributed by atoms with Crippen LogP contribution in [0.25, 0.3) is 10.9 Å². The van der Waals surface area contributed by atoms with Gasteiger partial charge in [-0.25, -0.2) is 14.8 Å². The summed E-state index contributed by atoms with van der Waals surface area (Å²) in [6, 6.07) is 5.32. The third kappa shape index (κ3) is 3.41. The van der Waals surface area contributed by atoms with Crippen molar-refractivity contribution in [1.82, 2.24) is 14.5 Å². The van der Waals surface area contributed by atoms with Crippen LogP contribution in [0.5, 0.6) is 0 Å². The van der Waals surface area contributed by atoms with Gasteiger partial charge in [-0.05, 0) is 18.6 Å². The minimum absolute atomic E-state index is 0.206. The number of hydrogen-bond acceptors (Lipinski definition) is 7. The summed E-state index contributed by atoms with van der Waals surface area (Å²) in [5.41, 5.74) is 1.22. The second-order valence-corrected chi connectivity index (χ2v) is 6.25. The molecule has 0 aliphatic carbocycles. The molecule has 3 rings (SSSR count). The van der Waals surface area contributed by atoms with Crippen molar-refractivity contribution in [1.29, 1.82) is 0 Å². The Morgan fingerprint density at radius 3 is 2.88 bits per heavy atom. The molecule has 9 heteroatoms. The molecule has 25 heavy (non-hydrogen) atoms. The molecule has 1 N–H and O–H groups in total. The van der Waals surface area contributed by atoms with Crippen molar-refractivity contribution in [3.8, 4) is 0 Å². The van der Waals surface area contributed by atoms with Crippen molar-refractivity contribution in [2.24, 2.45) is 0 Å². The van der Waals surface area contributed by atoms with E-state index in [1.807, 2.05) is 13.0 Å². The lowest BCUT2D eigenvalue weighted by Crippen LogP contribution is -2.28. The number of amides is 1. The number of hydrogen-bond donors (Lipinski definition) is 1. The molecule has 0 radical (unpaired) electrons. The van der Waals surface area contributed by atoms with Gasteiger partial charge >= 0.3 is 5.97 Å². The maximum Gasteiger partial charge on any atom is 0.349 e. The Labute approximate surface area is 146 Å². The molecule has 0 aliphatic rings. The third-order valence-electron chi connectivity index (χ3n) is 3.51. The van der Waals surface area contributed by atoms with Crippen molar-refractivity contribution >= 4 is 39.2 Å². The predicted molar refractivity (Wildman–Crippen MR) is 92.8 cm³/mol. The van der Waals surface area contributed by atoms with E-state index < -0.39 is 11.9 Å². The molecule has 1 aromatic carbocycles. The van der Waals surface area contributed by atoms with Crippen LogP contribution in [0.4, 0.5) is 5.13 Å². The van der Waals surface area contributed by atoms with E-state index >= 15 is 0 Å². The van der Waals surface area contributed by atoms with E-state index in [9.17, 15) is 14.4 Å². The Hall–Kier alpha value is -3.07. The average Bonchev–Trinajstić information content (AvgIpc) is 3.05. The number of fused-ring (bicyclic) bond motifs is 1. The van der Waals surface area contributed by atoms with Crippen molar-refractivity contribution in [3.63, 3.8) is 0 Å². The monoisotopic (exact) mass is 358 g/mol. The van der Waals surface area contributed by atoms with E-state index in [4.69, 9.17) is 0 Å². The van der Waals surface area contributed by atoms with Gasteiger partial charge in [-0.2, -0.15) is 0 Å². The van der Waals surface area contributed by atoms with Crippen LogP contribution in [0.1, 0.15) is 15.2 Å². The van der Waals surface area contributed by atoms with Crippen molar-refractivity contribution in [2.45, 2.75) is 13.5 Å². The Balaban J connectivity index is 1.78. The quantitative estimate of drug-likeness (QED) is 0.711. The topological polar surface area (TPSA) is 103 Å². The molecule has 0 unspecified atom stereocenters. The van der Waals surface area contributed by atoms with Crippen molar-refractivity contribution in [3.05, 3.63) is 51.5 Å². The second-order valence-electron chi connectivity index (χ2n) is 5.22. The lowest BCUT2D eigenvalue weighted by atomic mass is 10.1. The molecule has 0 bridgehead atoms. The summed E-state index contributed by atoms with van der Waals surface area (Å²) in [6.07, 6.45) is 2.66. The van der Waals surface area contributed by atoms with Gasteiger partial charge in [-0.1, -0.05) is 23.5 Å².